The summed E-state index contributed by atoms with van der Waals surface area (Å²) in [5.74, 6) is 0.652. The van der Waals surface area contributed by atoms with Crippen LogP contribution >= 0.6 is 0 Å². The minimum absolute atomic E-state index is 0.149. The molecule has 2 fully saturated rings. The number of methoxy groups -OCH3 is 1. The summed E-state index contributed by atoms with van der Waals surface area (Å²) in [6.45, 7) is 5.93. The molecule has 132 valence electrons. The third kappa shape index (κ3) is 4.53. The number of nitrogens with zero attached hydrogens (tertiary/aromatic N) is 3. The number of carbonyl (C=O) groups excluding carboxylic acids is 1. The van der Waals surface area contributed by atoms with Gasteiger partial charge in [0, 0.05) is 57.6 Å². The number of hydrogen-bond acceptors (Lipinski definition) is 5. The molecule has 0 unspecified atom stereocenters. The van der Waals surface area contributed by atoms with Gasteiger partial charge >= 0.3 is 0 Å². The Labute approximate surface area is 143 Å². The Balaban J connectivity index is 1.53. The highest BCUT2D eigenvalue weighted by atomic mass is 16.5. The van der Waals surface area contributed by atoms with E-state index in [1.807, 2.05) is 23.1 Å². The molecule has 1 aromatic rings. The zero-order chi connectivity index (χ0) is 16.8. The lowest BCUT2D eigenvalue weighted by Gasteiger charge is -2.38. The molecule has 2 atom stereocenters. The zero-order valence-electron chi connectivity index (χ0n) is 14.4. The number of amides is 1. The highest BCUT2D eigenvalue weighted by molar-refractivity contribution is 5.78. The quantitative estimate of drug-likeness (QED) is 0.798. The van der Waals surface area contributed by atoms with E-state index < -0.39 is 0 Å². The van der Waals surface area contributed by atoms with E-state index in [0.717, 1.165) is 51.5 Å². The van der Waals surface area contributed by atoms with E-state index in [9.17, 15) is 4.79 Å². The average Bonchev–Trinajstić information content (AvgIpc) is 2.82. The largest absolute Gasteiger partial charge is 0.383 e. The SMILES string of the molecule is COCCN1CCO[C@H]2CN(C(=O)Cc3ccccn3)CC[C@@H]2C1. The summed E-state index contributed by atoms with van der Waals surface area (Å²) in [4.78, 5) is 21.1. The summed E-state index contributed by atoms with van der Waals surface area (Å²) in [5, 5.41) is 0. The number of likely N-dealkylation sites (tertiary alicyclic amines) is 1. The molecule has 0 radical (unpaired) electrons. The molecule has 0 spiro atoms. The van der Waals surface area contributed by atoms with Gasteiger partial charge in [0.15, 0.2) is 0 Å². The van der Waals surface area contributed by atoms with Crippen molar-refractivity contribution >= 4 is 5.91 Å². The van der Waals surface area contributed by atoms with Crippen LogP contribution in [0.4, 0.5) is 0 Å². The second kappa shape index (κ2) is 8.55. The summed E-state index contributed by atoms with van der Waals surface area (Å²) in [7, 11) is 1.74. The molecule has 6 heteroatoms. The number of hydrogen-bond donors (Lipinski definition) is 0. The Morgan fingerprint density at radius 3 is 3.08 bits per heavy atom. The molecule has 0 aromatic carbocycles. The summed E-state index contributed by atoms with van der Waals surface area (Å²) in [5.41, 5.74) is 0.831. The van der Waals surface area contributed by atoms with Crippen molar-refractivity contribution in [3.05, 3.63) is 30.1 Å². The Kier molecular flexibility index (Phi) is 6.18. The minimum Gasteiger partial charge on any atom is -0.383 e. The van der Waals surface area contributed by atoms with Crippen LogP contribution in [0.1, 0.15) is 12.1 Å². The molecule has 24 heavy (non-hydrogen) atoms. The fraction of sp³-hybridized carbons (Fsp3) is 0.667. The van der Waals surface area contributed by atoms with Gasteiger partial charge in [-0.1, -0.05) is 6.07 Å². The molecule has 0 bridgehead atoms. The summed E-state index contributed by atoms with van der Waals surface area (Å²) in [6, 6.07) is 5.69. The Morgan fingerprint density at radius 2 is 2.29 bits per heavy atom. The van der Waals surface area contributed by atoms with Crippen LogP contribution in [-0.2, 0) is 20.7 Å². The van der Waals surface area contributed by atoms with E-state index in [0.29, 0.717) is 18.9 Å². The Hall–Kier alpha value is -1.50. The molecule has 3 heterocycles. The van der Waals surface area contributed by atoms with E-state index >= 15 is 0 Å². The topological polar surface area (TPSA) is 54.9 Å². The van der Waals surface area contributed by atoms with Gasteiger partial charge in [-0.25, -0.2) is 0 Å². The number of fused-ring (bicyclic) bond motifs is 1. The van der Waals surface area contributed by atoms with Crippen molar-refractivity contribution in [2.24, 2.45) is 5.92 Å². The van der Waals surface area contributed by atoms with E-state index in [1.54, 1.807) is 13.3 Å². The van der Waals surface area contributed by atoms with E-state index in [2.05, 4.69) is 9.88 Å². The van der Waals surface area contributed by atoms with Gasteiger partial charge in [0.2, 0.25) is 5.91 Å². The summed E-state index contributed by atoms with van der Waals surface area (Å²) in [6.07, 6.45) is 3.26. The molecule has 0 saturated carbocycles. The van der Waals surface area contributed by atoms with E-state index in [4.69, 9.17) is 9.47 Å². The van der Waals surface area contributed by atoms with Crippen molar-refractivity contribution < 1.29 is 14.3 Å². The standard InChI is InChI=1S/C18H27N3O3/c1-23-10-8-20-9-11-24-17-14-21(7-5-15(17)13-20)18(22)12-16-4-2-3-6-19-16/h2-4,6,15,17H,5,7-14H2,1H3/t15-,17+/m1/s1. The molecule has 0 aliphatic carbocycles. The lowest BCUT2D eigenvalue weighted by molar-refractivity contribution is -0.136. The molecule has 2 aliphatic rings. The first-order chi connectivity index (χ1) is 11.8. The molecule has 1 aromatic heterocycles. The van der Waals surface area contributed by atoms with Crippen molar-refractivity contribution in [2.45, 2.75) is 18.9 Å². The minimum atomic E-state index is 0.149. The summed E-state index contributed by atoms with van der Waals surface area (Å²) >= 11 is 0. The number of piperidine rings is 1. The van der Waals surface area contributed by atoms with Gasteiger partial charge in [-0.3, -0.25) is 14.7 Å². The number of rotatable bonds is 5. The van der Waals surface area contributed by atoms with Crippen molar-refractivity contribution in [1.82, 2.24) is 14.8 Å². The maximum Gasteiger partial charge on any atom is 0.228 e. The zero-order valence-corrected chi connectivity index (χ0v) is 14.4. The van der Waals surface area contributed by atoms with Gasteiger partial charge in [0.25, 0.3) is 0 Å². The first kappa shape index (κ1) is 17.3. The fourth-order valence-electron chi connectivity index (χ4n) is 3.54. The fourth-order valence-corrected chi connectivity index (χ4v) is 3.54. The van der Waals surface area contributed by atoms with Crippen molar-refractivity contribution in [3.63, 3.8) is 0 Å². The van der Waals surface area contributed by atoms with Gasteiger partial charge in [0.05, 0.1) is 25.7 Å². The second-order valence-electron chi connectivity index (χ2n) is 6.59. The third-order valence-electron chi connectivity index (χ3n) is 4.95. The van der Waals surface area contributed by atoms with Crippen LogP contribution in [0, 0.1) is 5.92 Å². The molecule has 2 saturated heterocycles. The maximum absolute atomic E-state index is 12.5. The molecular formula is C18H27N3O3. The lowest BCUT2D eigenvalue weighted by Crippen LogP contribution is -2.49. The Morgan fingerprint density at radius 1 is 1.38 bits per heavy atom. The van der Waals surface area contributed by atoms with E-state index in [1.165, 1.54) is 0 Å². The average molecular weight is 333 g/mol. The van der Waals surface area contributed by atoms with Crippen LogP contribution in [-0.4, -0.2) is 79.8 Å². The molecule has 6 nitrogen and oxygen atoms in total. The van der Waals surface area contributed by atoms with E-state index in [-0.39, 0.29) is 12.0 Å². The van der Waals surface area contributed by atoms with Gasteiger partial charge in [-0.05, 0) is 18.6 Å². The smallest absolute Gasteiger partial charge is 0.228 e. The number of ether oxygens (including phenoxy) is 2. The van der Waals surface area contributed by atoms with Crippen LogP contribution in [0.15, 0.2) is 24.4 Å². The lowest BCUT2D eigenvalue weighted by atomic mass is 9.93. The van der Waals surface area contributed by atoms with Gasteiger partial charge in [-0.2, -0.15) is 0 Å². The summed E-state index contributed by atoms with van der Waals surface area (Å²) < 4.78 is 11.2. The highest BCUT2D eigenvalue weighted by Gasteiger charge is 2.34. The molecule has 1 amide bonds. The monoisotopic (exact) mass is 333 g/mol. The maximum atomic E-state index is 12.5. The third-order valence-corrected chi connectivity index (χ3v) is 4.95. The first-order valence-corrected chi connectivity index (χ1v) is 8.77. The number of carbonyl (C=O) groups is 1. The predicted octanol–water partition coefficient (Wildman–Crippen LogP) is 0.820. The van der Waals surface area contributed by atoms with Crippen LogP contribution in [0.3, 0.4) is 0 Å². The normalized spacial score (nSPS) is 25.1. The number of pyridine rings is 1. The molecule has 3 rings (SSSR count). The Bertz CT molecular complexity index is 526. The van der Waals surface area contributed by atoms with Crippen molar-refractivity contribution in [2.75, 3.05) is 53.0 Å². The van der Waals surface area contributed by atoms with Gasteiger partial charge in [0.1, 0.15) is 0 Å². The predicted molar refractivity (Wildman–Crippen MR) is 90.7 cm³/mol. The second-order valence-corrected chi connectivity index (χ2v) is 6.59. The van der Waals surface area contributed by atoms with Gasteiger partial charge in [-0.15, -0.1) is 0 Å². The van der Waals surface area contributed by atoms with Crippen LogP contribution in [0.25, 0.3) is 0 Å². The highest BCUT2D eigenvalue weighted by Crippen LogP contribution is 2.24. The first-order valence-electron chi connectivity index (χ1n) is 8.77. The van der Waals surface area contributed by atoms with Crippen LogP contribution in [0.2, 0.25) is 0 Å². The van der Waals surface area contributed by atoms with Crippen molar-refractivity contribution in [1.29, 1.82) is 0 Å². The van der Waals surface area contributed by atoms with Crippen LogP contribution in [0.5, 0.6) is 0 Å². The molecule has 2 aliphatic heterocycles. The molecule has 0 N–H and O–H groups in total. The van der Waals surface area contributed by atoms with Crippen LogP contribution < -0.4 is 0 Å². The van der Waals surface area contributed by atoms with Crippen molar-refractivity contribution in [3.8, 4) is 0 Å². The molecular weight excluding hydrogens is 306 g/mol. The number of aromatic nitrogens is 1. The van der Waals surface area contributed by atoms with Gasteiger partial charge < -0.3 is 14.4 Å².